The van der Waals surface area contributed by atoms with Crippen molar-refractivity contribution in [1.29, 1.82) is 0 Å². The standard InChI is InChI=1S/C18H18.C15H16.C13H10O/c1-13-7-6-10-16-17(13)14-8-2-3-9-15(14)18(16)11-4-5-12-18;1-11-8-6-10-15(13(11)3)14-9-5-4-7-12(14)2;1-9-5-4-8-12-13(9)10-6-2-3-7-11(10)14-12/h2-3,6-10H,4-5,11-12H2,1H3;4-10H,1-3H3;2-8H,1H3. The molecule has 0 aliphatic heterocycles. The molecule has 1 spiro atoms. The lowest BCUT2D eigenvalue weighted by Crippen LogP contribution is -2.20. The Morgan fingerprint density at radius 2 is 1.00 bits per heavy atom. The zero-order valence-corrected chi connectivity index (χ0v) is 28.4. The van der Waals surface area contributed by atoms with E-state index in [9.17, 15) is 0 Å². The van der Waals surface area contributed by atoms with Gasteiger partial charge in [0.1, 0.15) is 11.2 Å². The molecule has 1 heteroatoms. The Labute approximate surface area is 279 Å². The van der Waals surface area contributed by atoms with Crippen LogP contribution < -0.4 is 0 Å². The van der Waals surface area contributed by atoms with Gasteiger partial charge < -0.3 is 4.42 Å². The van der Waals surface area contributed by atoms with Gasteiger partial charge in [0.25, 0.3) is 0 Å². The number of rotatable bonds is 1. The highest BCUT2D eigenvalue weighted by atomic mass is 16.3. The van der Waals surface area contributed by atoms with Crippen LogP contribution in [-0.2, 0) is 5.41 Å². The van der Waals surface area contributed by atoms with E-state index < -0.39 is 0 Å². The molecule has 0 saturated heterocycles. The smallest absolute Gasteiger partial charge is 0.135 e. The second-order valence-corrected chi connectivity index (χ2v) is 13.4. The van der Waals surface area contributed by atoms with Crippen molar-refractivity contribution < 1.29 is 4.42 Å². The molecule has 2 aliphatic rings. The minimum atomic E-state index is 0.345. The molecule has 9 rings (SSSR count). The van der Waals surface area contributed by atoms with Crippen LogP contribution in [0.25, 0.3) is 44.2 Å². The van der Waals surface area contributed by atoms with Crippen LogP contribution in [0.1, 0.15) is 64.6 Å². The summed E-state index contributed by atoms with van der Waals surface area (Å²) >= 11 is 0. The first-order chi connectivity index (χ1) is 22.9. The first-order valence-corrected chi connectivity index (χ1v) is 17.1. The lowest BCUT2D eigenvalue weighted by Gasteiger charge is -2.26. The van der Waals surface area contributed by atoms with Gasteiger partial charge in [-0.3, -0.25) is 0 Å². The molecule has 1 nitrogen and oxygen atoms in total. The zero-order valence-electron chi connectivity index (χ0n) is 28.4. The molecule has 1 saturated carbocycles. The van der Waals surface area contributed by atoms with Crippen molar-refractivity contribution in [1.82, 2.24) is 0 Å². The largest absolute Gasteiger partial charge is 0.456 e. The molecule has 7 aromatic rings. The average Bonchev–Trinajstić information content (AvgIpc) is 3.80. The Balaban J connectivity index is 0.000000113. The highest BCUT2D eigenvalue weighted by Gasteiger charge is 2.44. The van der Waals surface area contributed by atoms with Crippen LogP contribution in [0.15, 0.2) is 132 Å². The second kappa shape index (κ2) is 12.7. The highest BCUT2D eigenvalue weighted by Crippen LogP contribution is 2.57. The number of aryl methyl sites for hydroxylation is 4. The molecule has 2 aliphatic carbocycles. The fourth-order valence-electron chi connectivity index (χ4n) is 8.07. The predicted molar refractivity (Wildman–Crippen MR) is 200 cm³/mol. The van der Waals surface area contributed by atoms with E-state index in [4.69, 9.17) is 4.42 Å². The van der Waals surface area contributed by atoms with Crippen LogP contribution in [-0.4, -0.2) is 0 Å². The van der Waals surface area contributed by atoms with Crippen LogP contribution in [0, 0.1) is 34.6 Å². The molecule has 1 heterocycles. The Kier molecular flexibility index (Phi) is 8.33. The number of para-hydroxylation sites is 1. The summed E-state index contributed by atoms with van der Waals surface area (Å²) in [5, 5.41) is 2.45. The number of hydrogen-bond donors (Lipinski definition) is 0. The van der Waals surface area contributed by atoms with E-state index in [2.05, 4.69) is 132 Å². The third-order valence-electron chi connectivity index (χ3n) is 10.6. The van der Waals surface area contributed by atoms with E-state index >= 15 is 0 Å². The van der Waals surface area contributed by atoms with E-state index in [1.54, 1.807) is 11.1 Å². The molecule has 0 radical (unpaired) electrons. The maximum Gasteiger partial charge on any atom is 0.135 e. The second-order valence-electron chi connectivity index (χ2n) is 13.4. The fourth-order valence-corrected chi connectivity index (χ4v) is 8.07. The summed E-state index contributed by atoms with van der Waals surface area (Å²) in [7, 11) is 0. The molecule has 6 aromatic carbocycles. The maximum atomic E-state index is 5.73. The van der Waals surface area contributed by atoms with Crippen LogP contribution >= 0.6 is 0 Å². The van der Waals surface area contributed by atoms with Crippen molar-refractivity contribution in [2.75, 3.05) is 0 Å². The Bertz CT molecular complexity index is 2210. The summed E-state index contributed by atoms with van der Waals surface area (Å²) in [6.45, 7) is 10.9. The van der Waals surface area contributed by atoms with Gasteiger partial charge >= 0.3 is 0 Å². The van der Waals surface area contributed by atoms with Crippen LogP contribution in [0.2, 0.25) is 0 Å². The molecule has 0 atom stereocenters. The van der Waals surface area contributed by atoms with Crippen LogP contribution in [0.3, 0.4) is 0 Å². The third-order valence-corrected chi connectivity index (χ3v) is 10.6. The van der Waals surface area contributed by atoms with Crippen molar-refractivity contribution in [2.24, 2.45) is 0 Å². The van der Waals surface area contributed by atoms with Crippen LogP contribution in [0.5, 0.6) is 0 Å². The average molecular weight is 613 g/mol. The van der Waals surface area contributed by atoms with Crippen molar-refractivity contribution >= 4 is 21.9 Å². The molecule has 0 bridgehead atoms. The first kappa shape index (κ1) is 30.8. The number of furan rings is 1. The minimum absolute atomic E-state index is 0.345. The van der Waals surface area contributed by atoms with Crippen molar-refractivity contribution in [2.45, 2.75) is 65.7 Å². The monoisotopic (exact) mass is 612 g/mol. The topological polar surface area (TPSA) is 13.1 Å². The summed E-state index contributed by atoms with van der Waals surface area (Å²) in [6, 6.07) is 45.3. The van der Waals surface area contributed by atoms with Gasteiger partial charge in [0.2, 0.25) is 0 Å². The maximum absolute atomic E-state index is 5.73. The van der Waals surface area contributed by atoms with Crippen molar-refractivity contribution in [3.05, 3.63) is 166 Å². The number of benzene rings is 6. The van der Waals surface area contributed by atoms with E-state index in [1.165, 1.54) is 86.5 Å². The van der Waals surface area contributed by atoms with Gasteiger partial charge in [-0.2, -0.15) is 0 Å². The fraction of sp³-hybridized carbons (Fsp3) is 0.217. The zero-order chi connectivity index (χ0) is 32.5. The summed E-state index contributed by atoms with van der Waals surface area (Å²) < 4.78 is 5.73. The van der Waals surface area contributed by atoms with Gasteiger partial charge in [-0.25, -0.2) is 0 Å². The Morgan fingerprint density at radius 3 is 1.81 bits per heavy atom. The molecule has 0 N–H and O–H groups in total. The Morgan fingerprint density at radius 1 is 0.447 bits per heavy atom. The van der Waals surface area contributed by atoms with E-state index in [0.717, 1.165) is 11.2 Å². The molecule has 1 fully saturated rings. The minimum Gasteiger partial charge on any atom is -0.456 e. The highest BCUT2D eigenvalue weighted by molar-refractivity contribution is 6.06. The first-order valence-electron chi connectivity index (χ1n) is 17.1. The lowest BCUT2D eigenvalue weighted by atomic mass is 9.77. The molecule has 47 heavy (non-hydrogen) atoms. The Hall–Kier alpha value is -4.88. The predicted octanol–water partition coefficient (Wildman–Crippen LogP) is 13.0. The van der Waals surface area contributed by atoms with E-state index in [0.29, 0.717) is 5.41 Å². The van der Waals surface area contributed by atoms with Gasteiger partial charge in [0.05, 0.1) is 0 Å². The van der Waals surface area contributed by atoms with Gasteiger partial charge in [-0.1, -0.05) is 128 Å². The summed E-state index contributed by atoms with van der Waals surface area (Å²) in [4.78, 5) is 0. The van der Waals surface area contributed by atoms with Crippen molar-refractivity contribution in [3.8, 4) is 22.3 Å². The summed E-state index contributed by atoms with van der Waals surface area (Å²) in [5.41, 5.74) is 18.0. The van der Waals surface area contributed by atoms with E-state index in [1.807, 2.05) is 30.3 Å². The summed E-state index contributed by atoms with van der Waals surface area (Å²) in [5.74, 6) is 0. The summed E-state index contributed by atoms with van der Waals surface area (Å²) in [6.07, 6.45) is 5.42. The van der Waals surface area contributed by atoms with Crippen LogP contribution in [0.4, 0.5) is 0 Å². The molecular weight excluding hydrogens is 569 g/mol. The van der Waals surface area contributed by atoms with E-state index in [-0.39, 0.29) is 0 Å². The molecule has 234 valence electrons. The SMILES string of the molecule is Cc1cccc2c1-c1ccccc1C21CCCC1.Cc1cccc2oc3ccccc3c12.Cc1ccccc1-c1cccc(C)c1C. The van der Waals surface area contributed by atoms with Gasteiger partial charge in [-0.15, -0.1) is 0 Å². The lowest BCUT2D eigenvalue weighted by molar-refractivity contribution is 0.550. The molecule has 0 unspecified atom stereocenters. The van der Waals surface area contributed by atoms with Gasteiger partial charge in [0.15, 0.2) is 0 Å². The van der Waals surface area contributed by atoms with Gasteiger partial charge in [-0.05, 0) is 121 Å². The molecule has 0 amide bonds. The number of hydrogen-bond acceptors (Lipinski definition) is 1. The quantitative estimate of drug-likeness (QED) is 0.180. The third kappa shape index (κ3) is 5.48. The van der Waals surface area contributed by atoms with Gasteiger partial charge in [0, 0.05) is 16.2 Å². The normalized spacial score (nSPS) is 13.9. The molecular formula is C46H44O. The van der Waals surface area contributed by atoms with Crippen molar-refractivity contribution in [3.63, 3.8) is 0 Å². The number of fused-ring (bicyclic) bond motifs is 8. The molecule has 1 aromatic heterocycles.